The third kappa shape index (κ3) is 2.71. The molecule has 0 unspecified atom stereocenters. The number of hydrogen-bond donors (Lipinski definition) is 2. The molecule has 2 heterocycles. The standard InChI is InChI=1S/C16H17N3S/c1-2-13(17)15-8-7-12(10-18-15)20-16-9-11-5-3-4-6-14(11)19-16/h3-10,13,19H,2,17H2,1H3/t13-/m1/s1. The number of rotatable bonds is 4. The SMILES string of the molecule is CC[C@@H](N)c1ccc(Sc2cc3ccccc3[nH]2)cn1. The summed E-state index contributed by atoms with van der Waals surface area (Å²) in [5, 5.41) is 2.35. The molecule has 0 saturated carbocycles. The van der Waals surface area contributed by atoms with Crippen LogP contribution in [0.5, 0.6) is 0 Å². The molecule has 4 heteroatoms. The quantitative estimate of drug-likeness (QED) is 0.757. The van der Waals surface area contributed by atoms with Gasteiger partial charge in [0.1, 0.15) is 0 Å². The van der Waals surface area contributed by atoms with E-state index in [-0.39, 0.29) is 6.04 Å². The first-order chi connectivity index (χ1) is 9.76. The van der Waals surface area contributed by atoms with Crippen molar-refractivity contribution in [2.45, 2.75) is 29.3 Å². The molecule has 0 spiro atoms. The Morgan fingerprint density at radius 3 is 2.80 bits per heavy atom. The summed E-state index contributed by atoms with van der Waals surface area (Å²) in [7, 11) is 0. The van der Waals surface area contributed by atoms with Crippen LogP contribution in [0.25, 0.3) is 10.9 Å². The van der Waals surface area contributed by atoms with Gasteiger partial charge in [-0.1, -0.05) is 36.9 Å². The minimum atomic E-state index is 0.0297. The van der Waals surface area contributed by atoms with Crippen LogP contribution in [-0.4, -0.2) is 9.97 Å². The second kappa shape index (κ2) is 5.69. The number of aromatic amines is 1. The Bertz CT molecular complexity index is 670. The topological polar surface area (TPSA) is 54.7 Å². The zero-order valence-corrected chi connectivity index (χ0v) is 12.2. The molecule has 102 valence electrons. The lowest BCUT2D eigenvalue weighted by atomic mass is 10.1. The normalized spacial score (nSPS) is 12.7. The highest BCUT2D eigenvalue weighted by Gasteiger charge is 2.06. The third-order valence-electron chi connectivity index (χ3n) is 3.31. The predicted octanol–water partition coefficient (Wildman–Crippen LogP) is 4.12. The number of H-pyrrole nitrogens is 1. The van der Waals surface area contributed by atoms with Gasteiger partial charge in [0.25, 0.3) is 0 Å². The molecule has 2 aromatic heterocycles. The maximum Gasteiger partial charge on any atom is 0.0781 e. The Kier molecular flexibility index (Phi) is 3.76. The minimum absolute atomic E-state index is 0.0297. The summed E-state index contributed by atoms with van der Waals surface area (Å²) in [5.41, 5.74) is 8.08. The van der Waals surface area contributed by atoms with Crippen LogP contribution >= 0.6 is 11.8 Å². The maximum absolute atomic E-state index is 5.97. The van der Waals surface area contributed by atoms with E-state index in [9.17, 15) is 0 Å². The van der Waals surface area contributed by atoms with Crippen molar-refractivity contribution >= 4 is 22.7 Å². The largest absolute Gasteiger partial charge is 0.349 e. The molecule has 3 N–H and O–H groups in total. The number of aromatic nitrogens is 2. The second-order valence-corrected chi connectivity index (χ2v) is 5.87. The number of para-hydroxylation sites is 1. The molecule has 0 saturated heterocycles. The molecule has 0 fully saturated rings. The highest BCUT2D eigenvalue weighted by atomic mass is 32.2. The van der Waals surface area contributed by atoms with Crippen LogP contribution in [0.3, 0.4) is 0 Å². The van der Waals surface area contributed by atoms with Crippen LogP contribution in [0.2, 0.25) is 0 Å². The molecule has 0 aliphatic rings. The lowest BCUT2D eigenvalue weighted by molar-refractivity contribution is 0.674. The van der Waals surface area contributed by atoms with Gasteiger partial charge in [-0.3, -0.25) is 4.98 Å². The van der Waals surface area contributed by atoms with Gasteiger partial charge in [0, 0.05) is 28.0 Å². The summed E-state index contributed by atoms with van der Waals surface area (Å²) >= 11 is 1.68. The molecule has 0 aliphatic carbocycles. The van der Waals surface area contributed by atoms with Gasteiger partial charge < -0.3 is 10.7 Å². The molecule has 0 radical (unpaired) electrons. The number of nitrogens with two attached hydrogens (primary N) is 1. The monoisotopic (exact) mass is 283 g/mol. The van der Waals surface area contributed by atoms with E-state index in [1.54, 1.807) is 11.8 Å². The van der Waals surface area contributed by atoms with E-state index in [1.165, 1.54) is 5.39 Å². The fraction of sp³-hybridized carbons (Fsp3) is 0.188. The fourth-order valence-corrected chi connectivity index (χ4v) is 2.95. The first-order valence-electron chi connectivity index (χ1n) is 6.73. The van der Waals surface area contributed by atoms with Crippen LogP contribution in [0.1, 0.15) is 25.1 Å². The van der Waals surface area contributed by atoms with Crippen molar-refractivity contribution in [3.05, 3.63) is 54.4 Å². The van der Waals surface area contributed by atoms with E-state index in [0.29, 0.717) is 0 Å². The number of benzene rings is 1. The lowest BCUT2D eigenvalue weighted by Gasteiger charge is -2.08. The highest BCUT2D eigenvalue weighted by Crippen LogP contribution is 2.29. The summed E-state index contributed by atoms with van der Waals surface area (Å²) in [6.45, 7) is 2.07. The summed E-state index contributed by atoms with van der Waals surface area (Å²) < 4.78 is 0. The maximum atomic E-state index is 5.97. The number of nitrogens with zero attached hydrogens (tertiary/aromatic N) is 1. The van der Waals surface area contributed by atoms with Gasteiger partial charge >= 0.3 is 0 Å². The fourth-order valence-electron chi connectivity index (χ4n) is 2.11. The first kappa shape index (κ1) is 13.2. The van der Waals surface area contributed by atoms with Crippen LogP contribution in [-0.2, 0) is 0 Å². The second-order valence-electron chi connectivity index (χ2n) is 4.76. The van der Waals surface area contributed by atoms with Gasteiger partial charge in [0.05, 0.1) is 10.7 Å². The van der Waals surface area contributed by atoms with Crippen LogP contribution in [0, 0.1) is 0 Å². The number of fused-ring (bicyclic) bond motifs is 1. The Morgan fingerprint density at radius 2 is 2.10 bits per heavy atom. The zero-order chi connectivity index (χ0) is 13.9. The van der Waals surface area contributed by atoms with Gasteiger partial charge in [-0.25, -0.2) is 0 Å². The average molecular weight is 283 g/mol. The molecule has 20 heavy (non-hydrogen) atoms. The molecule has 1 aromatic carbocycles. The molecular formula is C16H17N3S. The number of pyridine rings is 1. The number of hydrogen-bond acceptors (Lipinski definition) is 3. The Morgan fingerprint density at radius 1 is 1.25 bits per heavy atom. The third-order valence-corrected chi connectivity index (χ3v) is 4.23. The van der Waals surface area contributed by atoms with Crippen molar-refractivity contribution in [2.24, 2.45) is 5.73 Å². The van der Waals surface area contributed by atoms with E-state index in [1.807, 2.05) is 24.4 Å². The lowest BCUT2D eigenvalue weighted by Crippen LogP contribution is -2.10. The molecule has 3 rings (SSSR count). The molecule has 3 nitrogen and oxygen atoms in total. The zero-order valence-electron chi connectivity index (χ0n) is 11.3. The van der Waals surface area contributed by atoms with E-state index >= 15 is 0 Å². The van der Waals surface area contributed by atoms with Gasteiger partial charge in [0.2, 0.25) is 0 Å². The molecule has 3 aromatic rings. The summed E-state index contributed by atoms with van der Waals surface area (Å²) in [4.78, 5) is 8.96. The van der Waals surface area contributed by atoms with Crippen molar-refractivity contribution in [1.29, 1.82) is 0 Å². The first-order valence-corrected chi connectivity index (χ1v) is 7.55. The van der Waals surface area contributed by atoms with Crippen LogP contribution in [0.15, 0.2) is 58.6 Å². The van der Waals surface area contributed by atoms with E-state index in [2.05, 4.69) is 41.2 Å². The smallest absolute Gasteiger partial charge is 0.0781 e. The van der Waals surface area contributed by atoms with Crippen molar-refractivity contribution in [3.63, 3.8) is 0 Å². The highest BCUT2D eigenvalue weighted by molar-refractivity contribution is 7.99. The summed E-state index contributed by atoms with van der Waals surface area (Å²) in [6.07, 6.45) is 2.79. The summed E-state index contributed by atoms with van der Waals surface area (Å²) in [5.74, 6) is 0. The Balaban J connectivity index is 1.80. The van der Waals surface area contributed by atoms with E-state index in [0.717, 1.165) is 27.6 Å². The molecule has 0 amide bonds. The van der Waals surface area contributed by atoms with Crippen molar-refractivity contribution < 1.29 is 0 Å². The minimum Gasteiger partial charge on any atom is -0.349 e. The van der Waals surface area contributed by atoms with Crippen molar-refractivity contribution in [3.8, 4) is 0 Å². The van der Waals surface area contributed by atoms with Crippen molar-refractivity contribution in [1.82, 2.24) is 9.97 Å². The van der Waals surface area contributed by atoms with E-state index < -0.39 is 0 Å². The Labute approximate surface area is 122 Å². The molecular weight excluding hydrogens is 266 g/mol. The average Bonchev–Trinajstić information content (AvgIpc) is 2.89. The van der Waals surface area contributed by atoms with Crippen LogP contribution < -0.4 is 5.73 Å². The van der Waals surface area contributed by atoms with Gasteiger partial charge in [-0.05, 0) is 30.7 Å². The Hall–Kier alpha value is -1.78. The molecule has 1 atom stereocenters. The van der Waals surface area contributed by atoms with Crippen molar-refractivity contribution in [2.75, 3.05) is 0 Å². The van der Waals surface area contributed by atoms with Gasteiger partial charge in [-0.15, -0.1) is 0 Å². The predicted molar refractivity (Wildman–Crippen MR) is 83.9 cm³/mol. The van der Waals surface area contributed by atoms with E-state index in [4.69, 9.17) is 5.73 Å². The number of nitrogens with one attached hydrogen (secondary N) is 1. The van der Waals surface area contributed by atoms with Crippen LogP contribution in [0.4, 0.5) is 0 Å². The molecule has 0 bridgehead atoms. The van der Waals surface area contributed by atoms with Gasteiger partial charge in [0.15, 0.2) is 0 Å². The van der Waals surface area contributed by atoms with Gasteiger partial charge in [-0.2, -0.15) is 0 Å². The molecule has 0 aliphatic heterocycles. The summed E-state index contributed by atoms with van der Waals surface area (Å²) in [6, 6.07) is 14.6.